The van der Waals surface area contributed by atoms with Crippen LogP contribution in [0.4, 0.5) is 0 Å². The third-order valence-electron chi connectivity index (χ3n) is 2.70. The van der Waals surface area contributed by atoms with Gasteiger partial charge in [0.2, 0.25) is 0 Å². The molecule has 0 aliphatic rings. The van der Waals surface area contributed by atoms with Crippen molar-refractivity contribution in [2.45, 2.75) is 6.54 Å². The number of hydrogen-bond acceptors (Lipinski definition) is 4. The van der Waals surface area contributed by atoms with E-state index in [0.29, 0.717) is 5.46 Å². The van der Waals surface area contributed by atoms with Crippen LogP contribution >= 0.6 is 0 Å². The van der Waals surface area contributed by atoms with Crippen LogP contribution in [-0.4, -0.2) is 61.2 Å². The van der Waals surface area contributed by atoms with E-state index in [2.05, 4.69) is 9.80 Å². The minimum absolute atomic E-state index is 0.587. The SMILES string of the molecule is CN(C)CCN(C)Cc1ccccc1B(O)O. The lowest BCUT2D eigenvalue weighted by Crippen LogP contribution is -2.36. The fourth-order valence-electron chi connectivity index (χ4n) is 1.67. The Morgan fingerprint density at radius 2 is 1.71 bits per heavy atom. The molecule has 0 bridgehead atoms. The standard InChI is InChI=1S/C12H21BN2O2/c1-14(2)8-9-15(3)10-11-6-4-5-7-12(11)13(16)17/h4-7,16-17H,8-10H2,1-3H3. The van der Waals surface area contributed by atoms with E-state index < -0.39 is 7.12 Å². The number of benzene rings is 1. The Balaban J connectivity index is 2.61. The van der Waals surface area contributed by atoms with Crippen molar-refractivity contribution in [2.24, 2.45) is 0 Å². The van der Waals surface area contributed by atoms with E-state index in [0.717, 1.165) is 25.2 Å². The van der Waals surface area contributed by atoms with Gasteiger partial charge in [0.05, 0.1) is 0 Å². The summed E-state index contributed by atoms with van der Waals surface area (Å²) in [6, 6.07) is 7.42. The molecule has 0 aliphatic heterocycles. The summed E-state index contributed by atoms with van der Waals surface area (Å²) >= 11 is 0. The third kappa shape index (κ3) is 4.87. The maximum atomic E-state index is 9.26. The van der Waals surface area contributed by atoms with Crippen LogP contribution in [0.25, 0.3) is 0 Å². The van der Waals surface area contributed by atoms with Gasteiger partial charge in [-0.05, 0) is 32.2 Å². The molecule has 17 heavy (non-hydrogen) atoms. The Hall–Kier alpha value is -0.875. The van der Waals surface area contributed by atoms with Crippen molar-refractivity contribution in [1.82, 2.24) is 9.80 Å². The number of nitrogens with zero attached hydrogens (tertiary/aromatic N) is 2. The molecule has 0 spiro atoms. The predicted octanol–water partition coefficient (Wildman–Crippen LogP) is -0.640. The second kappa shape index (κ2) is 6.76. The van der Waals surface area contributed by atoms with Crippen molar-refractivity contribution in [3.63, 3.8) is 0 Å². The zero-order valence-corrected chi connectivity index (χ0v) is 10.8. The molecule has 94 valence electrons. The summed E-state index contributed by atoms with van der Waals surface area (Å²) < 4.78 is 0. The highest BCUT2D eigenvalue weighted by atomic mass is 16.4. The quantitative estimate of drug-likeness (QED) is 0.645. The molecule has 2 N–H and O–H groups in total. The first-order valence-corrected chi connectivity index (χ1v) is 5.78. The van der Waals surface area contributed by atoms with Crippen LogP contribution in [0, 0.1) is 0 Å². The van der Waals surface area contributed by atoms with Crippen molar-refractivity contribution in [3.05, 3.63) is 29.8 Å². The van der Waals surface area contributed by atoms with E-state index in [9.17, 15) is 10.0 Å². The minimum atomic E-state index is -1.39. The molecular formula is C12H21BN2O2. The van der Waals surface area contributed by atoms with Gasteiger partial charge in [0.1, 0.15) is 0 Å². The molecule has 0 aromatic heterocycles. The number of hydrogen-bond donors (Lipinski definition) is 2. The highest BCUT2D eigenvalue weighted by molar-refractivity contribution is 6.59. The first kappa shape index (κ1) is 14.2. The molecule has 0 amide bonds. The lowest BCUT2D eigenvalue weighted by Gasteiger charge is -2.20. The van der Waals surface area contributed by atoms with E-state index in [-0.39, 0.29) is 0 Å². The molecule has 0 aliphatic carbocycles. The van der Waals surface area contributed by atoms with Gasteiger partial charge in [-0.25, -0.2) is 0 Å². The third-order valence-corrected chi connectivity index (χ3v) is 2.70. The summed E-state index contributed by atoms with van der Waals surface area (Å²) in [6.45, 7) is 2.66. The summed E-state index contributed by atoms with van der Waals surface area (Å²) in [5.41, 5.74) is 1.55. The monoisotopic (exact) mass is 236 g/mol. The van der Waals surface area contributed by atoms with Gasteiger partial charge in [-0.1, -0.05) is 24.3 Å². The summed E-state index contributed by atoms with van der Waals surface area (Å²) in [5.74, 6) is 0. The van der Waals surface area contributed by atoms with Crippen molar-refractivity contribution in [3.8, 4) is 0 Å². The molecule has 0 unspecified atom stereocenters. The summed E-state index contributed by atoms with van der Waals surface area (Å²) in [4.78, 5) is 4.30. The lowest BCUT2D eigenvalue weighted by atomic mass is 9.77. The molecule has 5 heteroatoms. The van der Waals surface area contributed by atoms with Crippen LogP contribution in [0.5, 0.6) is 0 Å². The van der Waals surface area contributed by atoms with Crippen LogP contribution in [0.3, 0.4) is 0 Å². The van der Waals surface area contributed by atoms with Crippen molar-refractivity contribution >= 4 is 12.6 Å². The van der Waals surface area contributed by atoms with Gasteiger partial charge in [-0.2, -0.15) is 0 Å². The summed E-state index contributed by atoms with van der Waals surface area (Å²) in [6.07, 6.45) is 0. The van der Waals surface area contributed by atoms with Crippen LogP contribution in [-0.2, 0) is 6.54 Å². The smallest absolute Gasteiger partial charge is 0.423 e. The first-order chi connectivity index (χ1) is 8.00. The van der Waals surface area contributed by atoms with Gasteiger partial charge in [-0.15, -0.1) is 0 Å². The lowest BCUT2D eigenvalue weighted by molar-refractivity contribution is 0.276. The van der Waals surface area contributed by atoms with E-state index in [1.54, 1.807) is 6.07 Å². The molecule has 1 rings (SSSR count). The Bertz CT molecular complexity index is 345. The van der Waals surface area contributed by atoms with Gasteiger partial charge in [0, 0.05) is 19.6 Å². The van der Waals surface area contributed by atoms with Gasteiger partial charge in [-0.3, -0.25) is 0 Å². The van der Waals surface area contributed by atoms with Crippen molar-refractivity contribution < 1.29 is 10.0 Å². The molecule has 0 fully saturated rings. The molecule has 4 nitrogen and oxygen atoms in total. The normalized spacial score (nSPS) is 11.2. The Morgan fingerprint density at radius 3 is 2.29 bits per heavy atom. The molecule has 0 atom stereocenters. The van der Waals surface area contributed by atoms with Crippen LogP contribution in [0.15, 0.2) is 24.3 Å². The van der Waals surface area contributed by atoms with Gasteiger partial charge >= 0.3 is 7.12 Å². The van der Waals surface area contributed by atoms with Crippen LogP contribution in [0.2, 0.25) is 0 Å². The second-order valence-electron chi connectivity index (χ2n) is 4.61. The first-order valence-electron chi connectivity index (χ1n) is 5.78. The topological polar surface area (TPSA) is 46.9 Å². The Labute approximate surface area is 104 Å². The van der Waals surface area contributed by atoms with Crippen molar-refractivity contribution in [1.29, 1.82) is 0 Å². The largest absolute Gasteiger partial charge is 0.488 e. The predicted molar refractivity (Wildman–Crippen MR) is 71.2 cm³/mol. The number of rotatable bonds is 6. The van der Waals surface area contributed by atoms with Gasteiger partial charge in [0.25, 0.3) is 0 Å². The second-order valence-corrected chi connectivity index (χ2v) is 4.61. The highest BCUT2D eigenvalue weighted by Crippen LogP contribution is 2.01. The zero-order chi connectivity index (χ0) is 12.8. The molecule has 0 saturated carbocycles. The maximum Gasteiger partial charge on any atom is 0.488 e. The molecule has 0 saturated heterocycles. The zero-order valence-electron chi connectivity index (χ0n) is 10.8. The number of likely N-dealkylation sites (N-methyl/N-ethyl adjacent to an activating group) is 2. The molecule has 0 heterocycles. The van der Waals surface area contributed by atoms with Crippen LogP contribution < -0.4 is 5.46 Å². The Morgan fingerprint density at radius 1 is 1.06 bits per heavy atom. The van der Waals surface area contributed by atoms with E-state index in [4.69, 9.17) is 0 Å². The minimum Gasteiger partial charge on any atom is -0.423 e. The molecular weight excluding hydrogens is 215 g/mol. The Kier molecular flexibility index (Phi) is 5.64. The van der Waals surface area contributed by atoms with Crippen LogP contribution in [0.1, 0.15) is 5.56 Å². The summed E-state index contributed by atoms with van der Waals surface area (Å²) in [5, 5.41) is 18.5. The van der Waals surface area contributed by atoms with E-state index in [1.807, 2.05) is 39.3 Å². The molecule has 1 aromatic carbocycles. The molecule has 0 radical (unpaired) electrons. The molecule has 1 aromatic rings. The average molecular weight is 236 g/mol. The van der Waals surface area contributed by atoms with Gasteiger partial charge in [0.15, 0.2) is 0 Å². The van der Waals surface area contributed by atoms with Gasteiger partial charge < -0.3 is 19.8 Å². The summed E-state index contributed by atoms with van der Waals surface area (Å²) in [7, 11) is 4.72. The van der Waals surface area contributed by atoms with E-state index in [1.165, 1.54) is 0 Å². The highest BCUT2D eigenvalue weighted by Gasteiger charge is 2.15. The van der Waals surface area contributed by atoms with E-state index >= 15 is 0 Å². The maximum absolute atomic E-state index is 9.26. The fraction of sp³-hybridized carbons (Fsp3) is 0.500. The van der Waals surface area contributed by atoms with Crippen molar-refractivity contribution in [2.75, 3.05) is 34.2 Å². The fourth-order valence-corrected chi connectivity index (χ4v) is 1.67. The average Bonchev–Trinajstić information content (AvgIpc) is 2.27.